The normalized spacial score (nSPS) is 10.1. The average Bonchev–Trinajstić information content (AvgIpc) is 2.53. The Bertz CT molecular complexity index is 602. The van der Waals surface area contributed by atoms with Gasteiger partial charge in [-0.15, -0.1) is 11.8 Å². The van der Waals surface area contributed by atoms with Gasteiger partial charge in [-0.05, 0) is 36.4 Å². The van der Waals surface area contributed by atoms with Crippen LogP contribution in [0.15, 0.2) is 53.4 Å². The molecule has 0 aliphatic carbocycles. The molecule has 0 fully saturated rings. The van der Waals surface area contributed by atoms with Crippen LogP contribution in [0, 0.1) is 0 Å². The van der Waals surface area contributed by atoms with E-state index in [0.717, 1.165) is 16.3 Å². The van der Waals surface area contributed by atoms with Crippen LogP contribution < -0.4 is 21.7 Å². The molecule has 0 bridgehead atoms. The van der Waals surface area contributed by atoms with Crippen LogP contribution in [0.2, 0.25) is 0 Å². The number of rotatable bonds is 6. The summed E-state index contributed by atoms with van der Waals surface area (Å²) in [5.41, 5.74) is 9.22. The fraction of sp³-hybridized carbons (Fsp3) is 0.133. The molecular weight excluding hydrogens is 286 g/mol. The maximum atomic E-state index is 11.3. The number of amides is 1. The van der Waals surface area contributed by atoms with Crippen molar-refractivity contribution in [1.82, 2.24) is 5.43 Å². The summed E-state index contributed by atoms with van der Waals surface area (Å²) in [4.78, 5) is 12.3. The number of nitrogens with two attached hydrogens (primary N) is 2. The van der Waals surface area contributed by atoms with Crippen molar-refractivity contribution >= 4 is 23.4 Å². The molecule has 21 heavy (non-hydrogen) atoms. The quantitative estimate of drug-likeness (QED) is 0.190. The van der Waals surface area contributed by atoms with Gasteiger partial charge < -0.3 is 10.5 Å². The molecule has 0 aliphatic heterocycles. The van der Waals surface area contributed by atoms with Crippen LogP contribution in [0.4, 0.5) is 5.69 Å². The van der Waals surface area contributed by atoms with E-state index in [2.05, 4.69) is 5.43 Å². The first-order valence-corrected chi connectivity index (χ1v) is 7.40. The number of para-hydroxylation sites is 1. The Kier molecular flexibility index (Phi) is 5.48. The molecule has 0 unspecified atom stereocenters. The van der Waals surface area contributed by atoms with E-state index in [-0.39, 0.29) is 5.91 Å². The van der Waals surface area contributed by atoms with E-state index in [0.29, 0.717) is 17.9 Å². The maximum absolute atomic E-state index is 11.3. The van der Waals surface area contributed by atoms with Gasteiger partial charge in [0.2, 0.25) is 0 Å². The fourth-order valence-corrected chi connectivity index (χ4v) is 2.51. The molecule has 0 spiro atoms. The SMILES string of the molecule is NNC(=O)c1ccc(OCCSc2ccccc2N)cc1. The van der Waals surface area contributed by atoms with Crippen molar-refractivity contribution in [2.45, 2.75) is 4.90 Å². The molecule has 0 atom stereocenters. The van der Waals surface area contributed by atoms with Gasteiger partial charge in [-0.2, -0.15) is 0 Å². The number of carbonyl (C=O) groups is 1. The summed E-state index contributed by atoms with van der Waals surface area (Å²) in [6.07, 6.45) is 0. The van der Waals surface area contributed by atoms with Gasteiger partial charge in [-0.3, -0.25) is 10.2 Å². The van der Waals surface area contributed by atoms with E-state index in [1.165, 1.54) is 0 Å². The minimum Gasteiger partial charge on any atom is -0.493 e. The first kappa shape index (κ1) is 15.2. The van der Waals surface area contributed by atoms with E-state index in [4.69, 9.17) is 16.3 Å². The molecule has 0 aromatic heterocycles. The number of hydrogen-bond donors (Lipinski definition) is 3. The summed E-state index contributed by atoms with van der Waals surface area (Å²) in [6, 6.07) is 14.6. The Hall–Kier alpha value is -2.18. The number of carbonyl (C=O) groups excluding carboxylic acids is 1. The van der Waals surface area contributed by atoms with Crippen LogP contribution in [-0.2, 0) is 0 Å². The Morgan fingerprint density at radius 2 is 1.86 bits per heavy atom. The highest BCUT2D eigenvalue weighted by atomic mass is 32.2. The van der Waals surface area contributed by atoms with Crippen LogP contribution in [0.5, 0.6) is 5.75 Å². The highest BCUT2D eigenvalue weighted by Crippen LogP contribution is 2.24. The fourth-order valence-electron chi connectivity index (χ4n) is 1.71. The minimum atomic E-state index is -0.323. The Labute approximate surface area is 127 Å². The van der Waals surface area contributed by atoms with Crippen LogP contribution in [0.1, 0.15) is 10.4 Å². The molecule has 1 amide bonds. The number of anilines is 1. The van der Waals surface area contributed by atoms with Gasteiger partial charge in [0.05, 0.1) is 6.61 Å². The summed E-state index contributed by atoms with van der Waals surface area (Å²) in [6.45, 7) is 0.557. The molecule has 110 valence electrons. The van der Waals surface area contributed by atoms with Crippen molar-refractivity contribution in [3.63, 3.8) is 0 Å². The van der Waals surface area contributed by atoms with Crippen LogP contribution in [0.25, 0.3) is 0 Å². The van der Waals surface area contributed by atoms with Crippen molar-refractivity contribution < 1.29 is 9.53 Å². The number of nitrogen functional groups attached to an aromatic ring is 2. The van der Waals surface area contributed by atoms with Crippen LogP contribution >= 0.6 is 11.8 Å². The number of hydrazine groups is 1. The zero-order valence-electron chi connectivity index (χ0n) is 11.4. The molecule has 2 rings (SSSR count). The molecule has 0 saturated heterocycles. The van der Waals surface area contributed by atoms with Gasteiger partial charge in [-0.25, -0.2) is 5.84 Å². The second-order valence-corrected chi connectivity index (χ2v) is 5.37. The third-order valence-electron chi connectivity index (χ3n) is 2.78. The first-order chi connectivity index (χ1) is 10.2. The number of benzene rings is 2. The zero-order valence-corrected chi connectivity index (χ0v) is 12.2. The third kappa shape index (κ3) is 4.40. The number of hydrogen-bond acceptors (Lipinski definition) is 5. The monoisotopic (exact) mass is 303 g/mol. The lowest BCUT2D eigenvalue weighted by molar-refractivity contribution is 0.0953. The zero-order chi connectivity index (χ0) is 15.1. The van der Waals surface area contributed by atoms with E-state index < -0.39 is 0 Å². The number of nitrogens with one attached hydrogen (secondary N) is 1. The van der Waals surface area contributed by atoms with Crippen molar-refractivity contribution in [1.29, 1.82) is 0 Å². The molecule has 5 nitrogen and oxygen atoms in total. The lowest BCUT2D eigenvalue weighted by Crippen LogP contribution is -2.29. The van der Waals surface area contributed by atoms with Crippen molar-refractivity contribution in [2.24, 2.45) is 5.84 Å². The number of ether oxygens (including phenoxy) is 1. The molecule has 6 heteroatoms. The highest BCUT2D eigenvalue weighted by Gasteiger charge is 2.03. The largest absolute Gasteiger partial charge is 0.493 e. The molecule has 2 aromatic carbocycles. The molecule has 0 saturated carbocycles. The van der Waals surface area contributed by atoms with Gasteiger partial charge in [-0.1, -0.05) is 12.1 Å². The Balaban J connectivity index is 1.79. The van der Waals surface area contributed by atoms with Gasteiger partial charge >= 0.3 is 0 Å². The van der Waals surface area contributed by atoms with E-state index >= 15 is 0 Å². The second-order valence-electron chi connectivity index (χ2n) is 4.23. The van der Waals surface area contributed by atoms with Gasteiger partial charge in [0.1, 0.15) is 5.75 Å². The topological polar surface area (TPSA) is 90.4 Å². The van der Waals surface area contributed by atoms with E-state index in [9.17, 15) is 4.79 Å². The summed E-state index contributed by atoms with van der Waals surface area (Å²) >= 11 is 1.65. The molecule has 0 aliphatic rings. The van der Waals surface area contributed by atoms with Gasteiger partial charge in [0.15, 0.2) is 0 Å². The van der Waals surface area contributed by atoms with Crippen molar-refractivity contribution in [3.8, 4) is 5.75 Å². The predicted octanol–water partition coefficient (Wildman–Crippen LogP) is 2.04. The van der Waals surface area contributed by atoms with Crippen LogP contribution in [-0.4, -0.2) is 18.3 Å². The lowest BCUT2D eigenvalue weighted by Gasteiger charge is -2.08. The maximum Gasteiger partial charge on any atom is 0.265 e. The summed E-state index contributed by atoms with van der Waals surface area (Å²) in [7, 11) is 0. The second kappa shape index (κ2) is 7.56. The minimum absolute atomic E-state index is 0.323. The van der Waals surface area contributed by atoms with Gasteiger partial charge in [0.25, 0.3) is 5.91 Å². The summed E-state index contributed by atoms with van der Waals surface area (Å²) in [5.74, 6) is 6.25. The first-order valence-electron chi connectivity index (χ1n) is 6.42. The van der Waals surface area contributed by atoms with Gasteiger partial charge in [0, 0.05) is 21.9 Å². The van der Waals surface area contributed by atoms with E-state index in [1.54, 1.807) is 36.0 Å². The molecule has 0 heterocycles. The molecule has 5 N–H and O–H groups in total. The van der Waals surface area contributed by atoms with Crippen molar-refractivity contribution in [3.05, 3.63) is 54.1 Å². The summed E-state index contributed by atoms with van der Waals surface area (Å²) in [5, 5.41) is 0. The summed E-state index contributed by atoms with van der Waals surface area (Å²) < 4.78 is 5.61. The molecule has 2 aromatic rings. The van der Waals surface area contributed by atoms with Crippen LogP contribution in [0.3, 0.4) is 0 Å². The van der Waals surface area contributed by atoms with Crippen molar-refractivity contribution in [2.75, 3.05) is 18.1 Å². The molecule has 0 radical (unpaired) electrons. The molecular formula is C15H17N3O2S. The average molecular weight is 303 g/mol. The predicted molar refractivity (Wildman–Crippen MR) is 85.2 cm³/mol. The Morgan fingerprint density at radius 1 is 1.14 bits per heavy atom. The Morgan fingerprint density at radius 3 is 2.52 bits per heavy atom. The highest BCUT2D eigenvalue weighted by molar-refractivity contribution is 7.99. The smallest absolute Gasteiger partial charge is 0.265 e. The standard InChI is InChI=1S/C15H17N3O2S/c16-13-3-1-2-4-14(13)21-10-9-20-12-7-5-11(6-8-12)15(19)18-17/h1-8H,9-10,16-17H2,(H,18,19). The van der Waals surface area contributed by atoms with E-state index in [1.807, 2.05) is 24.3 Å². The third-order valence-corrected chi connectivity index (χ3v) is 3.83. The number of thioether (sulfide) groups is 1. The lowest BCUT2D eigenvalue weighted by atomic mass is 10.2.